The van der Waals surface area contributed by atoms with Crippen molar-refractivity contribution in [2.75, 3.05) is 6.54 Å². The van der Waals surface area contributed by atoms with Crippen LogP contribution in [-0.2, 0) is 0 Å². The number of nitrogens with zero attached hydrogens (tertiary/aromatic N) is 1. The molecular weight excluding hydrogens is 128 g/mol. The Morgan fingerprint density at radius 1 is 1.40 bits per heavy atom. The van der Waals surface area contributed by atoms with E-state index in [0.717, 1.165) is 13.0 Å². The van der Waals surface area contributed by atoms with E-state index in [-0.39, 0.29) is 0 Å². The summed E-state index contributed by atoms with van der Waals surface area (Å²) < 4.78 is 0. The van der Waals surface area contributed by atoms with Crippen LogP contribution in [0.3, 0.4) is 0 Å². The van der Waals surface area contributed by atoms with Crippen LogP contribution >= 0.6 is 0 Å². The van der Waals surface area contributed by atoms with Gasteiger partial charge in [-0.3, -0.25) is 15.7 Å². The first-order valence-electron chi connectivity index (χ1n) is 3.79. The number of rotatable bonds is 6. The molecule has 0 aromatic heterocycles. The van der Waals surface area contributed by atoms with Crippen molar-refractivity contribution in [2.24, 2.45) is 4.99 Å². The molecule has 0 amide bonds. The summed E-state index contributed by atoms with van der Waals surface area (Å²) in [5.41, 5.74) is 1.87. The maximum atomic E-state index is 8.07. The molecule has 3 heteroatoms. The van der Waals surface area contributed by atoms with E-state index in [1.165, 1.54) is 25.6 Å². The average Bonchev–Trinajstić information content (AvgIpc) is 1.97. The summed E-state index contributed by atoms with van der Waals surface area (Å²) in [5, 5.41) is 8.07. The second kappa shape index (κ2) is 8.43. The molecule has 0 aromatic rings. The summed E-state index contributed by atoms with van der Waals surface area (Å²) >= 11 is 0. The summed E-state index contributed by atoms with van der Waals surface area (Å²) in [6.45, 7) is 2.99. The molecule has 0 radical (unpaired) electrons. The van der Waals surface area contributed by atoms with Crippen LogP contribution in [-0.4, -0.2) is 18.1 Å². The van der Waals surface area contributed by atoms with E-state index >= 15 is 0 Å². The van der Waals surface area contributed by atoms with Gasteiger partial charge in [-0.15, -0.1) is 0 Å². The van der Waals surface area contributed by atoms with Crippen molar-refractivity contribution in [3.05, 3.63) is 0 Å². The van der Waals surface area contributed by atoms with Crippen molar-refractivity contribution in [3.63, 3.8) is 0 Å². The maximum Gasteiger partial charge on any atom is 0.107 e. The molecule has 0 aliphatic rings. The molecule has 0 saturated heterocycles. The second-order valence-corrected chi connectivity index (χ2v) is 2.23. The lowest BCUT2D eigenvalue weighted by Crippen LogP contribution is -2.02. The Hall–Kier alpha value is -0.570. The van der Waals surface area contributed by atoms with E-state index in [2.05, 4.69) is 11.9 Å². The molecule has 0 spiro atoms. The molecule has 0 fully saturated rings. The minimum Gasteiger partial charge on any atom is -0.290 e. The highest BCUT2D eigenvalue weighted by Gasteiger charge is 1.83. The van der Waals surface area contributed by atoms with Gasteiger partial charge in [-0.1, -0.05) is 26.2 Å². The number of hydroxylamine groups is 1. The largest absolute Gasteiger partial charge is 0.290 e. The van der Waals surface area contributed by atoms with E-state index in [1.54, 1.807) is 0 Å². The molecule has 0 bridgehead atoms. The monoisotopic (exact) mass is 144 g/mol. The molecule has 2 N–H and O–H groups in total. The first-order chi connectivity index (χ1) is 4.91. The average molecular weight is 144 g/mol. The summed E-state index contributed by atoms with van der Waals surface area (Å²) in [7, 11) is 0. The first kappa shape index (κ1) is 9.43. The normalized spacial score (nSPS) is 10.6. The fourth-order valence-electron chi connectivity index (χ4n) is 0.735. The van der Waals surface area contributed by atoms with E-state index in [9.17, 15) is 0 Å². The standard InChI is InChI=1S/C7H16N2O/c1-2-3-4-5-6-8-7-9-10/h7,10H,2-6H2,1H3,(H,8,9). The van der Waals surface area contributed by atoms with Gasteiger partial charge in [0.1, 0.15) is 6.34 Å². The predicted molar refractivity (Wildman–Crippen MR) is 42.4 cm³/mol. The molecule has 0 saturated carbocycles. The van der Waals surface area contributed by atoms with Crippen molar-refractivity contribution < 1.29 is 5.21 Å². The van der Waals surface area contributed by atoms with E-state index in [1.807, 2.05) is 5.48 Å². The van der Waals surface area contributed by atoms with Crippen molar-refractivity contribution in [3.8, 4) is 0 Å². The highest BCUT2D eigenvalue weighted by atomic mass is 16.5. The van der Waals surface area contributed by atoms with Crippen molar-refractivity contribution in [2.45, 2.75) is 32.6 Å². The lowest BCUT2D eigenvalue weighted by Gasteiger charge is -1.93. The van der Waals surface area contributed by atoms with Crippen LogP contribution in [0.1, 0.15) is 32.6 Å². The number of hydrogen-bond acceptors (Lipinski definition) is 2. The molecule has 0 aliphatic carbocycles. The molecule has 0 aromatic carbocycles. The van der Waals surface area contributed by atoms with Gasteiger partial charge in [0.05, 0.1) is 0 Å². The van der Waals surface area contributed by atoms with Gasteiger partial charge in [-0.05, 0) is 6.42 Å². The van der Waals surface area contributed by atoms with Crippen LogP contribution in [0.5, 0.6) is 0 Å². The molecule has 10 heavy (non-hydrogen) atoms. The van der Waals surface area contributed by atoms with Crippen molar-refractivity contribution in [1.82, 2.24) is 5.48 Å². The van der Waals surface area contributed by atoms with Crippen LogP contribution in [0.4, 0.5) is 0 Å². The Bertz CT molecular complexity index is 83.7. The van der Waals surface area contributed by atoms with Gasteiger partial charge in [-0.2, -0.15) is 0 Å². The molecule has 3 nitrogen and oxygen atoms in total. The third kappa shape index (κ3) is 7.43. The Labute approximate surface area is 62.1 Å². The summed E-state index contributed by atoms with van der Waals surface area (Å²) in [5.74, 6) is 0. The minimum absolute atomic E-state index is 0.813. The SMILES string of the molecule is CCCCCCN=CNO. The Balaban J connectivity index is 2.83. The third-order valence-electron chi connectivity index (χ3n) is 1.29. The number of unbranched alkanes of at least 4 members (excludes halogenated alkanes) is 3. The summed E-state index contributed by atoms with van der Waals surface area (Å²) in [6.07, 6.45) is 6.20. The van der Waals surface area contributed by atoms with Crippen molar-refractivity contribution in [1.29, 1.82) is 0 Å². The quantitative estimate of drug-likeness (QED) is 0.257. The number of hydrogen-bond donors (Lipinski definition) is 2. The van der Waals surface area contributed by atoms with Gasteiger partial charge < -0.3 is 0 Å². The fraction of sp³-hybridized carbons (Fsp3) is 0.857. The van der Waals surface area contributed by atoms with Gasteiger partial charge in [0, 0.05) is 6.54 Å². The summed E-state index contributed by atoms with van der Waals surface area (Å²) in [4.78, 5) is 3.88. The van der Waals surface area contributed by atoms with Gasteiger partial charge in [-0.25, -0.2) is 0 Å². The zero-order valence-electron chi connectivity index (χ0n) is 6.51. The molecule has 0 unspecified atom stereocenters. The van der Waals surface area contributed by atoms with Crippen LogP contribution in [0.25, 0.3) is 0 Å². The van der Waals surface area contributed by atoms with Gasteiger partial charge >= 0.3 is 0 Å². The Morgan fingerprint density at radius 3 is 2.80 bits per heavy atom. The maximum absolute atomic E-state index is 8.07. The molecule has 0 atom stereocenters. The highest BCUT2D eigenvalue weighted by molar-refractivity contribution is 5.51. The van der Waals surface area contributed by atoms with Gasteiger partial charge in [0.2, 0.25) is 0 Å². The smallest absolute Gasteiger partial charge is 0.107 e. The first-order valence-corrected chi connectivity index (χ1v) is 3.79. The molecule has 0 aliphatic heterocycles. The van der Waals surface area contributed by atoms with Gasteiger partial charge in [0.25, 0.3) is 0 Å². The Morgan fingerprint density at radius 2 is 2.20 bits per heavy atom. The van der Waals surface area contributed by atoms with Crippen LogP contribution in [0.15, 0.2) is 4.99 Å². The predicted octanol–water partition coefficient (Wildman–Crippen LogP) is 1.57. The topological polar surface area (TPSA) is 44.6 Å². The zero-order chi connectivity index (χ0) is 7.66. The highest BCUT2D eigenvalue weighted by Crippen LogP contribution is 1.97. The lowest BCUT2D eigenvalue weighted by molar-refractivity contribution is 0.239. The molecular formula is C7H16N2O. The van der Waals surface area contributed by atoms with Gasteiger partial charge in [0.15, 0.2) is 0 Å². The Kier molecular flexibility index (Phi) is 7.95. The van der Waals surface area contributed by atoms with Crippen molar-refractivity contribution >= 4 is 6.34 Å². The number of aliphatic imine (C=N–C) groups is 1. The minimum atomic E-state index is 0.813. The third-order valence-corrected chi connectivity index (χ3v) is 1.29. The molecule has 0 rings (SSSR count). The second-order valence-electron chi connectivity index (χ2n) is 2.23. The van der Waals surface area contributed by atoms with Crippen LogP contribution in [0.2, 0.25) is 0 Å². The zero-order valence-corrected chi connectivity index (χ0v) is 6.51. The lowest BCUT2D eigenvalue weighted by atomic mass is 10.2. The number of nitrogens with one attached hydrogen (secondary N) is 1. The van der Waals surface area contributed by atoms with E-state index in [4.69, 9.17) is 5.21 Å². The van der Waals surface area contributed by atoms with E-state index in [0.29, 0.717) is 0 Å². The van der Waals surface area contributed by atoms with Crippen LogP contribution in [0, 0.1) is 0 Å². The van der Waals surface area contributed by atoms with Crippen LogP contribution < -0.4 is 5.48 Å². The van der Waals surface area contributed by atoms with E-state index < -0.39 is 0 Å². The molecule has 60 valence electrons. The summed E-state index contributed by atoms with van der Waals surface area (Å²) in [6, 6.07) is 0. The fourth-order valence-corrected chi connectivity index (χ4v) is 0.735. The molecule has 0 heterocycles.